The highest BCUT2D eigenvalue weighted by atomic mass is 79.9. The molecule has 0 atom stereocenters. The van der Waals surface area contributed by atoms with E-state index in [2.05, 4.69) is 26.2 Å². The van der Waals surface area contributed by atoms with Crippen molar-refractivity contribution >= 4 is 39.1 Å². The first-order valence-electron chi connectivity index (χ1n) is 4.84. The van der Waals surface area contributed by atoms with Gasteiger partial charge in [-0.3, -0.25) is 4.79 Å². The first-order chi connectivity index (χ1) is 8.16. The standard InChI is InChI=1S/C12H8BrClN2O/c13-9-5-3-8(4-6-9)12(17)16-10-2-1-7-15-11(10)14/h1-7H,(H,16,17). The Hall–Kier alpha value is -1.39. The Bertz CT molecular complexity index is 542. The van der Waals surface area contributed by atoms with Crippen LogP contribution in [0.3, 0.4) is 0 Å². The van der Waals surface area contributed by atoms with Gasteiger partial charge in [-0.15, -0.1) is 0 Å². The average molecular weight is 312 g/mol. The van der Waals surface area contributed by atoms with Gasteiger partial charge in [0.2, 0.25) is 0 Å². The summed E-state index contributed by atoms with van der Waals surface area (Å²) in [6.07, 6.45) is 1.57. The second-order valence-corrected chi connectivity index (χ2v) is 4.58. The van der Waals surface area contributed by atoms with Gasteiger partial charge in [0.15, 0.2) is 5.15 Å². The molecule has 86 valence electrons. The average Bonchev–Trinajstić information content (AvgIpc) is 2.33. The summed E-state index contributed by atoms with van der Waals surface area (Å²) in [6.45, 7) is 0. The number of benzene rings is 1. The molecule has 1 N–H and O–H groups in total. The zero-order valence-electron chi connectivity index (χ0n) is 8.65. The molecule has 2 aromatic rings. The van der Waals surface area contributed by atoms with E-state index in [1.54, 1.807) is 42.6 Å². The van der Waals surface area contributed by atoms with Crippen molar-refractivity contribution in [3.63, 3.8) is 0 Å². The summed E-state index contributed by atoms with van der Waals surface area (Å²) in [5.41, 5.74) is 1.07. The van der Waals surface area contributed by atoms with Gasteiger partial charge in [0.1, 0.15) is 0 Å². The molecule has 1 aromatic carbocycles. The van der Waals surface area contributed by atoms with Crippen LogP contribution in [0.5, 0.6) is 0 Å². The molecule has 0 saturated carbocycles. The SMILES string of the molecule is O=C(Nc1cccnc1Cl)c1ccc(Br)cc1. The van der Waals surface area contributed by atoms with Crippen LogP contribution in [0.2, 0.25) is 5.15 Å². The van der Waals surface area contributed by atoms with Crippen LogP contribution in [0.4, 0.5) is 5.69 Å². The minimum Gasteiger partial charge on any atom is -0.319 e. The quantitative estimate of drug-likeness (QED) is 0.858. The Morgan fingerprint density at radius 2 is 1.94 bits per heavy atom. The largest absolute Gasteiger partial charge is 0.319 e. The van der Waals surface area contributed by atoms with Crippen LogP contribution in [0.1, 0.15) is 10.4 Å². The Labute approximate surface area is 112 Å². The topological polar surface area (TPSA) is 42.0 Å². The van der Waals surface area contributed by atoms with Gasteiger partial charge in [-0.25, -0.2) is 4.98 Å². The second-order valence-electron chi connectivity index (χ2n) is 3.30. The van der Waals surface area contributed by atoms with E-state index in [9.17, 15) is 4.79 Å². The van der Waals surface area contributed by atoms with Crippen LogP contribution in [0, 0.1) is 0 Å². The first kappa shape index (κ1) is 12.1. The van der Waals surface area contributed by atoms with Crippen molar-refractivity contribution < 1.29 is 4.79 Å². The minimum atomic E-state index is -0.215. The molecule has 0 spiro atoms. The number of halogens is 2. The second kappa shape index (κ2) is 5.29. The van der Waals surface area contributed by atoms with E-state index >= 15 is 0 Å². The molecule has 1 amide bonds. The number of nitrogens with one attached hydrogen (secondary N) is 1. The molecule has 1 heterocycles. The molecule has 2 rings (SSSR count). The zero-order chi connectivity index (χ0) is 12.3. The number of aromatic nitrogens is 1. The molecule has 0 saturated heterocycles. The maximum atomic E-state index is 11.9. The van der Waals surface area contributed by atoms with Gasteiger partial charge in [-0.2, -0.15) is 0 Å². The van der Waals surface area contributed by atoms with Crippen LogP contribution in [0.25, 0.3) is 0 Å². The van der Waals surface area contributed by atoms with Gasteiger partial charge < -0.3 is 5.32 Å². The molecule has 5 heteroatoms. The molecule has 0 unspecified atom stereocenters. The van der Waals surface area contributed by atoms with E-state index in [-0.39, 0.29) is 11.1 Å². The number of hydrogen-bond acceptors (Lipinski definition) is 2. The minimum absolute atomic E-state index is 0.215. The number of carbonyl (C=O) groups is 1. The number of pyridine rings is 1. The van der Waals surface area contributed by atoms with Gasteiger partial charge in [0, 0.05) is 16.2 Å². The fraction of sp³-hybridized carbons (Fsp3) is 0. The molecule has 0 fully saturated rings. The lowest BCUT2D eigenvalue weighted by Crippen LogP contribution is -2.12. The fourth-order valence-corrected chi connectivity index (χ4v) is 1.71. The predicted octanol–water partition coefficient (Wildman–Crippen LogP) is 3.75. The molecule has 0 aliphatic heterocycles. The Morgan fingerprint density at radius 1 is 1.24 bits per heavy atom. The molecule has 1 aromatic heterocycles. The lowest BCUT2D eigenvalue weighted by molar-refractivity contribution is 0.102. The summed E-state index contributed by atoms with van der Waals surface area (Å²) >= 11 is 9.16. The van der Waals surface area contributed by atoms with Crippen molar-refractivity contribution in [2.45, 2.75) is 0 Å². The van der Waals surface area contributed by atoms with Crippen LogP contribution < -0.4 is 5.32 Å². The van der Waals surface area contributed by atoms with Crippen molar-refractivity contribution in [3.05, 3.63) is 57.8 Å². The first-order valence-corrected chi connectivity index (χ1v) is 6.01. The van der Waals surface area contributed by atoms with Gasteiger partial charge in [-0.05, 0) is 36.4 Å². The number of hydrogen-bond donors (Lipinski definition) is 1. The van der Waals surface area contributed by atoms with Gasteiger partial charge in [0.05, 0.1) is 5.69 Å². The maximum absolute atomic E-state index is 11.9. The number of carbonyl (C=O) groups excluding carboxylic acids is 1. The summed E-state index contributed by atoms with van der Waals surface area (Å²) in [6, 6.07) is 10.5. The number of anilines is 1. The highest BCUT2D eigenvalue weighted by Gasteiger charge is 2.08. The number of nitrogens with zero attached hydrogens (tertiary/aromatic N) is 1. The Kier molecular flexibility index (Phi) is 3.76. The Morgan fingerprint density at radius 3 is 2.59 bits per heavy atom. The van der Waals surface area contributed by atoms with Gasteiger partial charge in [0.25, 0.3) is 5.91 Å². The number of amides is 1. The summed E-state index contributed by atoms with van der Waals surface area (Å²) in [7, 11) is 0. The molecular weight excluding hydrogens is 304 g/mol. The molecule has 0 aliphatic rings. The van der Waals surface area contributed by atoms with Crippen molar-refractivity contribution in [1.82, 2.24) is 4.98 Å². The van der Waals surface area contributed by atoms with E-state index in [1.807, 2.05) is 0 Å². The summed E-state index contributed by atoms with van der Waals surface area (Å²) < 4.78 is 0.925. The molecule has 17 heavy (non-hydrogen) atoms. The summed E-state index contributed by atoms with van der Waals surface area (Å²) in [4.78, 5) is 15.7. The Balaban J connectivity index is 2.17. The summed E-state index contributed by atoms with van der Waals surface area (Å²) in [5, 5.41) is 2.97. The third kappa shape index (κ3) is 3.05. The molecular formula is C12H8BrClN2O. The van der Waals surface area contributed by atoms with E-state index < -0.39 is 0 Å². The lowest BCUT2D eigenvalue weighted by atomic mass is 10.2. The van der Waals surface area contributed by atoms with Crippen LogP contribution in [-0.4, -0.2) is 10.9 Å². The van der Waals surface area contributed by atoms with Crippen molar-refractivity contribution in [3.8, 4) is 0 Å². The van der Waals surface area contributed by atoms with Crippen molar-refractivity contribution in [2.75, 3.05) is 5.32 Å². The number of rotatable bonds is 2. The van der Waals surface area contributed by atoms with Gasteiger partial charge >= 0.3 is 0 Å². The smallest absolute Gasteiger partial charge is 0.255 e. The normalized spacial score (nSPS) is 10.0. The predicted molar refractivity (Wildman–Crippen MR) is 71.3 cm³/mol. The van der Waals surface area contributed by atoms with E-state index in [1.165, 1.54) is 0 Å². The summed E-state index contributed by atoms with van der Waals surface area (Å²) in [5.74, 6) is -0.215. The fourth-order valence-electron chi connectivity index (χ4n) is 1.28. The van der Waals surface area contributed by atoms with Gasteiger partial charge in [-0.1, -0.05) is 27.5 Å². The zero-order valence-corrected chi connectivity index (χ0v) is 11.0. The molecule has 0 bridgehead atoms. The third-order valence-electron chi connectivity index (χ3n) is 2.11. The highest BCUT2D eigenvalue weighted by Crippen LogP contribution is 2.19. The van der Waals surface area contributed by atoms with Crippen LogP contribution in [0.15, 0.2) is 47.1 Å². The van der Waals surface area contributed by atoms with Crippen LogP contribution >= 0.6 is 27.5 Å². The van der Waals surface area contributed by atoms with E-state index in [4.69, 9.17) is 11.6 Å². The van der Waals surface area contributed by atoms with E-state index in [0.717, 1.165) is 4.47 Å². The third-order valence-corrected chi connectivity index (χ3v) is 2.94. The van der Waals surface area contributed by atoms with Crippen LogP contribution in [-0.2, 0) is 0 Å². The highest BCUT2D eigenvalue weighted by molar-refractivity contribution is 9.10. The van der Waals surface area contributed by atoms with Crippen molar-refractivity contribution in [1.29, 1.82) is 0 Å². The van der Waals surface area contributed by atoms with Crippen molar-refractivity contribution in [2.24, 2.45) is 0 Å². The maximum Gasteiger partial charge on any atom is 0.255 e. The molecule has 3 nitrogen and oxygen atoms in total. The monoisotopic (exact) mass is 310 g/mol. The molecule has 0 aliphatic carbocycles. The van der Waals surface area contributed by atoms with E-state index in [0.29, 0.717) is 11.3 Å². The molecule has 0 radical (unpaired) electrons. The lowest BCUT2D eigenvalue weighted by Gasteiger charge is -2.06.